The number of nitro benzene ring substituents is 1. The number of benzene rings is 1. The van der Waals surface area contributed by atoms with Gasteiger partial charge in [0.05, 0.1) is 22.8 Å². The van der Waals surface area contributed by atoms with Crippen LogP contribution in [0.5, 0.6) is 0 Å². The van der Waals surface area contributed by atoms with Gasteiger partial charge in [0.25, 0.3) is 11.6 Å². The van der Waals surface area contributed by atoms with E-state index in [1.807, 2.05) is 0 Å². The topological polar surface area (TPSA) is 98.5 Å². The van der Waals surface area contributed by atoms with Crippen molar-refractivity contribution in [2.24, 2.45) is 0 Å². The van der Waals surface area contributed by atoms with Crippen LogP contribution in [0.1, 0.15) is 27.6 Å². The average molecular weight is 320 g/mol. The molecular weight excluding hydrogens is 308 g/mol. The lowest BCUT2D eigenvalue weighted by Gasteiger charge is -2.06. The van der Waals surface area contributed by atoms with Crippen molar-refractivity contribution in [3.63, 3.8) is 0 Å². The maximum atomic E-state index is 12.1. The Morgan fingerprint density at radius 1 is 1.32 bits per heavy atom. The molecule has 1 heterocycles. The van der Waals surface area contributed by atoms with E-state index in [4.69, 9.17) is 4.74 Å². The van der Waals surface area contributed by atoms with Crippen LogP contribution in [0.2, 0.25) is 0 Å². The zero-order valence-electron chi connectivity index (χ0n) is 11.6. The summed E-state index contributed by atoms with van der Waals surface area (Å²) in [5.41, 5.74) is 0.218. The Kier molecular flexibility index (Phi) is 4.84. The molecule has 0 saturated heterocycles. The Bertz CT molecular complexity index is 712. The van der Waals surface area contributed by atoms with Crippen LogP contribution >= 0.6 is 11.3 Å². The van der Waals surface area contributed by atoms with Crippen molar-refractivity contribution in [1.29, 1.82) is 0 Å². The first kappa shape index (κ1) is 15.6. The van der Waals surface area contributed by atoms with Gasteiger partial charge in [-0.3, -0.25) is 14.9 Å². The largest absolute Gasteiger partial charge is 0.462 e. The second-order valence-electron chi connectivity index (χ2n) is 4.21. The predicted octanol–water partition coefficient (Wildman–Crippen LogP) is 3.09. The van der Waals surface area contributed by atoms with Gasteiger partial charge in [0.1, 0.15) is 0 Å². The standard InChI is InChI=1S/C14H12N2O5S/c1-2-21-14(18)10-5-9(6-12(7-10)16(19)20)13(17)15-11-3-4-22-8-11/h3-8H,2H2,1H3,(H,15,17). The van der Waals surface area contributed by atoms with Gasteiger partial charge < -0.3 is 10.1 Å². The summed E-state index contributed by atoms with van der Waals surface area (Å²) in [7, 11) is 0. The van der Waals surface area contributed by atoms with E-state index in [9.17, 15) is 19.7 Å². The van der Waals surface area contributed by atoms with Crippen molar-refractivity contribution in [3.8, 4) is 0 Å². The third kappa shape index (κ3) is 3.67. The number of anilines is 1. The van der Waals surface area contributed by atoms with Crippen LogP contribution in [0.3, 0.4) is 0 Å². The van der Waals surface area contributed by atoms with Crippen LogP contribution in [0, 0.1) is 10.1 Å². The molecule has 0 spiro atoms. The van der Waals surface area contributed by atoms with Gasteiger partial charge in [-0.2, -0.15) is 11.3 Å². The maximum absolute atomic E-state index is 12.1. The van der Waals surface area contributed by atoms with Crippen LogP contribution in [0.15, 0.2) is 35.0 Å². The summed E-state index contributed by atoms with van der Waals surface area (Å²) >= 11 is 1.40. The summed E-state index contributed by atoms with van der Waals surface area (Å²) in [4.78, 5) is 34.2. The first-order valence-corrected chi connectivity index (χ1v) is 7.25. The number of thiophene rings is 1. The lowest BCUT2D eigenvalue weighted by atomic mass is 10.1. The highest BCUT2D eigenvalue weighted by Gasteiger charge is 2.18. The van der Waals surface area contributed by atoms with E-state index in [-0.39, 0.29) is 23.4 Å². The van der Waals surface area contributed by atoms with Gasteiger partial charge in [0, 0.05) is 23.1 Å². The van der Waals surface area contributed by atoms with E-state index >= 15 is 0 Å². The number of rotatable bonds is 5. The van der Waals surface area contributed by atoms with E-state index in [0.29, 0.717) is 5.69 Å². The molecule has 0 unspecified atom stereocenters. The second kappa shape index (κ2) is 6.81. The summed E-state index contributed by atoms with van der Waals surface area (Å²) in [6.07, 6.45) is 0. The van der Waals surface area contributed by atoms with Gasteiger partial charge in [-0.05, 0) is 24.4 Å². The van der Waals surface area contributed by atoms with Crippen molar-refractivity contribution < 1.29 is 19.2 Å². The van der Waals surface area contributed by atoms with Gasteiger partial charge in [-0.25, -0.2) is 4.79 Å². The van der Waals surface area contributed by atoms with Crippen LogP contribution in [-0.4, -0.2) is 23.4 Å². The van der Waals surface area contributed by atoms with Crippen molar-refractivity contribution in [1.82, 2.24) is 0 Å². The molecule has 0 atom stereocenters. The number of carbonyl (C=O) groups is 2. The second-order valence-corrected chi connectivity index (χ2v) is 4.99. The number of non-ortho nitro benzene ring substituents is 1. The van der Waals surface area contributed by atoms with Gasteiger partial charge >= 0.3 is 5.97 Å². The van der Waals surface area contributed by atoms with E-state index in [2.05, 4.69) is 5.32 Å². The summed E-state index contributed by atoms with van der Waals surface area (Å²) in [5.74, 6) is -1.25. The molecule has 114 valence electrons. The molecule has 0 bridgehead atoms. The van der Waals surface area contributed by atoms with E-state index in [1.165, 1.54) is 17.4 Å². The molecule has 0 aliphatic carbocycles. The van der Waals surface area contributed by atoms with Gasteiger partial charge in [0.15, 0.2) is 0 Å². The Morgan fingerprint density at radius 3 is 2.64 bits per heavy atom. The van der Waals surface area contributed by atoms with Crippen molar-refractivity contribution in [2.45, 2.75) is 6.92 Å². The third-order valence-electron chi connectivity index (χ3n) is 2.68. The molecule has 1 N–H and O–H groups in total. The summed E-state index contributed by atoms with van der Waals surface area (Å²) in [6, 6.07) is 5.17. The summed E-state index contributed by atoms with van der Waals surface area (Å²) in [6.45, 7) is 1.76. The first-order valence-electron chi connectivity index (χ1n) is 6.31. The Hall–Kier alpha value is -2.74. The molecule has 0 aliphatic heterocycles. The van der Waals surface area contributed by atoms with Crippen LogP contribution in [0.4, 0.5) is 11.4 Å². The lowest BCUT2D eigenvalue weighted by molar-refractivity contribution is -0.384. The van der Waals surface area contributed by atoms with E-state index < -0.39 is 16.8 Å². The Labute approximate surface area is 129 Å². The molecule has 0 radical (unpaired) electrons. The number of nitrogens with zero attached hydrogens (tertiary/aromatic N) is 1. The molecule has 22 heavy (non-hydrogen) atoms. The minimum Gasteiger partial charge on any atom is -0.462 e. The molecule has 2 rings (SSSR count). The lowest BCUT2D eigenvalue weighted by Crippen LogP contribution is -2.14. The first-order chi connectivity index (χ1) is 10.5. The highest BCUT2D eigenvalue weighted by atomic mass is 32.1. The van der Waals surface area contributed by atoms with Gasteiger partial charge in [-0.15, -0.1) is 0 Å². The zero-order valence-corrected chi connectivity index (χ0v) is 12.4. The summed E-state index contributed by atoms with van der Waals surface area (Å²) < 4.78 is 4.81. The quantitative estimate of drug-likeness (QED) is 0.518. The third-order valence-corrected chi connectivity index (χ3v) is 3.36. The molecule has 1 aromatic heterocycles. The molecule has 1 aromatic carbocycles. The van der Waals surface area contributed by atoms with E-state index in [0.717, 1.165) is 12.1 Å². The molecule has 0 fully saturated rings. The fourth-order valence-corrected chi connectivity index (χ4v) is 2.31. The highest BCUT2D eigenvalue weighted by Crippen LogP contribution is 2.20. The minimum atomic E-state index is -0.712. The summed E-state index contributed by atoms with van der Waals surface area (Å²) in [5, 5.41) is 17.1. The molecular formula is C14H12N2O5S. The molecule has 8 heteroatoms. The number of carbonyl (C=O) groups excluding carboxylic acids is 2. The van der Waals surface area contributed by atoms with Crippen molar-refractivity contribution in [3.05, 3.63) is 56.3 Å². The van der Waals surface area contributed by atoms with Crippen molar-refractivity contribution in [2.75, 3.05) is 11.9 Å². The maximum Gasteiger partial charge on any atom is 0.338 e. The smallest absolute Gasteiger partial charge is 0.338 e. The molecule has 1 amide bonds. The monoisotopic (exact) mass is 320 g/mol. The van der Waals surface area contributed by atoms with Gasteiger partial charge in [0.2, 0.25) is 0 Å². The Balaban J connectivity index is 2.35. The SMILES string of the molecule is CCOC(=O)c1cc(C(=O)Nc2ccsc2)cc([N+](=O)[O-])c1. The minimum absolute atomic E-state index is 0.0171. The number of nitro groups is 1. The van der Waals surface area contributed by atoms with E-state index in [1.54, 1.807) is 23.8 Å². The number of hydrogen-bond donors (Lipinski definition) is 1. The average Bonchev–Trinajstić information content (AvgIpc) is 2.99. The zero-order chi connectivity index (χ0) is 16.1. The number of ether oxygens (including phenoxy) is 1. The molecule has 2 aromatic rings. The highest BCUT2D eigenvalue weighted by molar-refractivity contribution is 7.08. The molecule has 0 saturated carbocycles. The van der Waals surface area contributed by atoms with Gasteiger partial charge in [-0.1, -0.05) is 0 Å². The molecule has 0 aliphatic rings. The number of hydrogen-bond acceptors (Lipinski definition) is 6. The fourth-order valence-electron chi connectivity index (χ4n) is 1.72. The number of nitrogens with one attached hydrogen (secondary N) is 1. The van der Waals surface area contributed by atoms with Crippen LogP contribution in [0.25, 0.3) is 0 Å². The van der Waals surface area contributed by atoms with Crippen LogP contribution in [-0.2, 0) is 4.74 Å². The Morgan fingerprint density at radius 2 is 2.05 bits per heavy atom. The number of amides is 1. The van der Waals surface area contributed by atoms with Crippen LogP contribution < -0.4 is 5.32 Å². The number of esters is 1. The fraction of sp³-hybridized carbons (Fsp3) is 0.143. The normalized spacial score (nSPS) is 10.0. The predicted molar refractivity (Wildman–Crippen MR) is 81.3 cm³/mol. The van der Waals surface area contributed by atoms with Crippen molar-refractivity contribution >= 4 is 34.6 Å². The molecule has 7 nitrogen and oxygen atoms in total.